The molecule has 0 saturated carbocycles. The van der Waals surface area contributed by atoms with Gasteiger partial charge in [-0.2, -0.15) is 0 Å². The Labute approximate surface area is 74.1 Å². The Hall–Kier alpha value is -0.980. The van der Waals surface area contributed by atoms with Crippen molar-refractivity contribution in [3.05, 3.63) is 29.3 Å². The normalized spacial score (nSPS) is 11.7. The molecule has 0 atom stereocenters. The largest absolute Gasteiger partial charge is 0.290 e. The van der Waals surface area contributed by atoms with Gasteiger partial charge in [-0.05, 0) is 29.5 Å². The highest BCUT2D eigenvalue weighted by Crippen LogP contribution is 2.27. The van der Waals surface area contributed by atoms with Crippen LogP contribution in [0.2, 0.25) is 0 Å². The van der Waals surface area contributed by atoms with E-state index in [0.717, 1.165) is 11.1 Å². The van der Waals surface area contributed by atoms with Crippen molar-refractivity contribution in [3.63, 3.8) is 0 Å². The summed E-state index contributed by atoms with van der Waals surface area (Å²) in [4.78, 5) is 0. The van der Waals surface area contributed by atoms with E-state index in [9.17, 15) is 5.11 Å². The molecule has 1 aromatic rings. The third-order valence-corrected chi connectivity index (χ3v) is 2.05. The van der Waals surface area contributed by atoms with Gasteiger partial charge in [0.05, 0.1) is 0 Å². The van der Waals surface area contributed by atoms with E-state index in [1.54, 1.807) is 6.07 Å². The van der Waals surface area contributed by atoms with E-state index in [2.05, 4.69) is 20.8 Å². The van der Waals surface area contributed by atoms with Gasteiger partial charge in [-0.25, -0.2) is 0 Å². The third kappa shape index (κ3) is 1.79. The van der Waals surface area contributed by atoms with Crippen molar-refractivity contribution in [2.24, 2.45) is 0 Å². The van der Waals surface area contributed by atoms with E-state index in [1.807, 2.05) is 19.1 Å². The van der Waals surface area contributed by atoms with E-state index in [1.165, 1.54) is 0 Å². The van der Waals surface area contributed by atoms with Crippen molar-refractivity contribution < 1.29 is 5.11 Å². The molecule has 0 aromatic heterocycles. The highest BCUT2D eigenvalue weighted by atomic mass is 16.3. The van der Waals surface area contributed by atoms with Crippen LogP contribution in [0.3, 0.4) is 0 Å². The average Bonchev–Trinajstić information content (AvgIpc) is 1.92. The maximum atomic E-state index is 11.3. The molecule has 0 aliphatic heterocycles. The van der Waals surface area contributed by atoms with Crippen molar-refractivity contribution in [1.29, 1.82) is 0 Å². The predicted molar refractivity (Wildman–Crippen MR) is 50.0 cm³/mol. The molecular formula is C11H15O. The second-order valence-electron chi connectivity index (χ2n) is 4.23. The molecule has 0 N–H and O–H groups in total. The number of rotatable bonds is 0. The van der Waals surface area contributed by atoms with Gasteiger partial charge in [-0.3, -0.25) is 5.11 Å². The third-order valence-electron chi connectivity index (χ3n) is 2.05. The monoisotopic (exact) mass is 163 g/mol. The molecular weight excluding hydrogens is 148 g/mol. The first-order chi connectivity index (χ1) is 5.41. The zero-order valence-corrected chi connectivity index (χ0v) is 8.14. The minimum atomic E-state index is 0.0762. The molecule has 1 nitrogen and oxygen atoms in total. The van der Waals surface area contributed by atoms with E-state index in [4.69, 9.17) is 0 Å². The number of benzene rings is 1. The Morgan fingerprint density at radius 2 is 1.75 bits per heavy atom. The molecule has 1 heteroatoms. The lowest BCUT2D eigenvalue weighted by molar-refractivity contribution is 0.350. The fraction of sp³-hybridized carbons (Fsp3) is 0.455. The summed E-state index contributed by atoms with van der Waals surface area (Å²) in [5.41, 5.74) is 2.01. The van der Waals surface area contributed by atoms with Gasteiger partial charge in [-0.1, -0.05) is 32.9 Å². The summed E-state index contributed by atoms with van der Waals surface area (Å²) in [6.07, 6.45) is 0. The van der Waals surface area contributed by atoms with E-state index >= 15 is 0 Å². The number of hydrogen-bond acceptors (Lipinski definition) is 0. The van der Waals surface area contributed by atoms with Crippen LogP contribution in [0.25, 0.3) is 0 Å². The van der Waals surface area contributed by atoms with Crippen LogP contribution >= 0.6 is 0 Å². The average molecular weight is 163 g/mol. The Bertz CT molecular complexity index is 282. The van der Waals surface area contributed by atoms with Crippen LogP contribution in [0, 0.1) is 6.92 Å². The molecule has 1 aromatic carbocycles. The molecule has 0 amide bonds. The van der Waals surface area contributed by atoms with Crippen molar-refractivity contribution >= 4 is 0 Å². The Morgan fingerprint density at radius 3 is 2.17 bits per heavy atom. The topological polar surface area (TPSA) is 19.9 Å². The van der Waals surface area contributed by atoms with Gasteiger partial charge in [0, 0.05) is 0 Å². The minimum Gasteiger partial charge on any atom is -0.290 e. The van der Waals surface area contributed by atoms with Gasteiger partial charge in [0.1, 0.15) is 0 Å². The SMILES string of the molecule is Cc1ccc(C(C)(C)C)cc1[O]. The Kier molecular flexibility index (Phi) is 2.14. The summed E-state index contributed by atoms with van der Waals surface area (Å²) in [7, 11) is 0. The van der Waals surface area contributed by atoms with Gasteiger partial charge >= 0.3 is 0 Å². The van der Waals surface area contributed by atoms with Gasteiger partial charge < -0.3 is 0 Å². The van der Waals surface area contributed by atoms with E-state index in [-0.39, 0.29) is 11.2 Å². The van der Waals surface area contributed by atoms with E-state index in [0.29, 0.717) is 0 Å². The number of aryl methyl sites for hydroxylation is 1. The summed E-state index contributed by atoms with van der Waals surface area (Å²) >= 11 is 0. The van der Waals surface area contributed by atoms with Crippen LogP contribution in [-0.2, 0) is 10.5 Å². The fourth-order valence-electron chi connectivity index (χ4n) is 1.07. The second-order valence-corrected chi connectivity index (χ2v) is 4.23. The maximum Gasteiger partial charge on any atom is 0.181 e. The van der Waals surface area contributed by atoms with Crippen LogP contribution in [0.1, 0.15) is 31.9 Å². The van der Waals surface area contributed by atoms with Crippen molar-refractivity contribution in [2.75, 3.05) is 0 Å². The smallest absolute Gasteiger partial charge is 0.181 e. The molecule has 0 heterocycles. The second kappa shape index (κ2) is 2.81. The number of hydrogen-bond donors (Lipinski definition) is 0. The molecule has 1 rings (SSSR count). The molecule has 0 aliphatic rings. The van der Waals surface area contributed by atoms with Crippen molar-refractivity contribution in [1.82, 2.24) is 0 Å². The van der Waals surface area contributed by atoms with Crippen LogP contribution < -0.4 is 0 Å². The molecule has 0 aliphatic carbocycles. The van der Waals surface area contributed by atoms with Crippen LogP contribution in [-0.4, -0.2) is 0 Å². The minimum absolute atomic E-state index is 0.0762. The lowest BCUT2D eigenvalue weighted by Gasteiger charge is -2.18. The highest BCUT2D eigenvalue weighted by Gasteiger charge is 2.14. The van der Waals surface area contributed by atoms with Gasteiger partial charge in [0.15, 0.2) is 5.75 Å². The van der Waals surface area contributed by atoms with Crippen LogP contribution in [0.5, 0.6) is 5.75 Å². The fourth-order valence-corrected chi connectivity index (χ4v) is 1.07. The summed E-state index contributed by atoms with van der Waals surface area (Å²) in [5, 5.41) is 11.3. The van der Waals surface area contributed by atoms with Crippen LogP contribution in [0.15, 0.2) is 18.2 Å². The quantitative estimate of drug-likeness (QED) is 0.558. The van der Waals surface area contributed by atoms with Gasteiger partial charge in [0.25, 0.3) is 0 Å². The summed E-state index contributed by atoms with van der Waals surface area (Å²) in [6.45, 7) is 8.17. The van der Waals surface area contributed by atoms with Crippen molar-refractivity contribution in [3.8, 4) is 5.75 Å². The predicted octanol–water partition coefficient (Wildman–Crippen LogP) is 3.44. The van der Waals surface area contributed by atoms with Crippen molar-refractivity contribution in [2.45, 2.75) is 33.1 Å². The van der Waals surface area contributed by atoms with Gasteiger partial charge in [0.2, 0.25) is 0 Å². The first-order valence-corrected chi connectivity index (χ1v) is 4.19. The lowest BCUT2D eigenvalue weighted by Crippen LogP contribution is -2.10. The molecule has 0 unspecified atom stereocenters. The summed E-state index contributed by atoms with van der Waals surface area (Å²) < 4.78 is 0. The molecule has 0 saturated heterocycles. The molecule has 65 valence electrons. The first-order valence-electron chi connectivity index (χ1n) is 4.19. The molecule has 12 heavy (non-hydrogen) atoms. The molecule has 0 bridgehead atoms. The van der Waals surface area contributed by atoms with Gasteiger partial charge in [-0.15, -0.1) is 0 Å². The standard InChI is InChI=1S/C11H15O/c1-8-5-6-9(7-10(8)12)11(2,3)4/h5-7H,1-4H3. The first kappa shape index (κ1) is 9.11. The van der Waals surface area contributed by atoms with E-state index < -0.39 is 0 Å². The zero-order valence-electron chi connectivity index (χ0n) is 8.14. The maximum absolute atomic E-state index is 11.3. The zero-order chi connectivity index (χ0) is 9.35. The Morgan fingerprint density at radius 1 is 1.17 bits per heavy atom. The lowest BCUT2D eigenvalue weighted by atomic mass is 9.86. The highest BCUT2D eigenvalue weighted by molar-refractivity contribution is 5.37. The summed E-state index contributed by atoms with van der Waals surface area (Å²) in [5.74, 6) is 0.141. The van der Waals surface area contributed by atoms with Crippen LogP contribution in [0.4, 0.5) is 0 Å². The Balaban J connectivity index is 3.14. The summed E-state index contributed by atoms with van der Waals surface area (Å²) in [6, 6.07) is 5.65. The molecule has 0 fully saturated rings. The molecule has 1 radical (unpaired) electrons. The molecule has 0 spiro atoms.